The summed E-state index contributed by atoms with van der Waals surface area (Å²) >= 11 is 1.36. The molecule has 3 heterocycles. The number of carboxylic acids is 1. The van der Waals surface area contributed by atoms with Crippen molar-refractivity contribution >= 4 is 23.6 Å². The first-order valence-electron chi connectivity index (χ1n) is 6.60. The molecule has 8 heteroatoms. The van der Waals surface area contributed by atoms with Gasteiger partial charge in [-0.05, 0) is 13.0 Å². The first kappa shape index (κ1) is 14.2. The fourth-order valence-corrected chi connectivity index (χ4v) is 4.28. The fraction of sp³-hybridized carbons (Fsp3) is 0.462. The zero-order chi connectivity index (χ0) is 15.1. The van der Waals surface area contributed by atoms with Crippen molar-refractivity contribution in [3.05, 3.63) is 29.1 Å². The number of nitrogens with zero attached hydrogens (tertiary/aromatic N) is 3. The van der Waals surface area contributed by atoms with Crippen LogP contribution in [0.1, 0.15) is 19.4 Å². The van der Waals surface area contributed by atoms with Crippen LogP contribution in [0.4, 0.5) is 0 Å². The molecule has 0 unspecified atom stereocenters. The Morgan fingerprint density at radius 3 is 2.90 bits per heavy atom. The highest BCUT2D eigenvalue weighted by molar-refractivity contribution is 8.04. The van der Waals surface area contributed by atoms with Gasteiger partial charge in [0.05, 0.1) is 18.6 Å². The van der Waals surface area contributed by atoms with E-state index in [4.69, 9.17) is 0 Å². The minimum atomic E-state index is -1.10. The molecular weight excluding hydrogens is 294 g/mol. The minimum absolute atomic E-state index is 0.00164. The van der Waals surface area contributed by atoms with Crippen molar-refractivity contribution < 1.29 is 19.8 Å². The summed E-state index contributed by atoms with van der Waals surface area (Å²) in [6, 6.07) is 1.81. The highest BCUT2D eigenvalue weighted by Crippen LogP contribution is 2.51. The topological polar surface area (TPSA) is 95.7 Å². The molecule has 2 N–H and O–H groups in total. The van der Waals surface area contributed by atoms with Gasteiger partial charge in [0, 0.05) is 23.7 Å². The molecular formula is C13H15N3O4S. The summed E-state index contributed by atoms with van der Waals surface area (Å²) in [4.78, 5) is 25.3. The van der Waals surface area contributed by atoms with Crippen LogP contribution in [-0.4, -0.2) is 48.8 Å². The first-order chi connectivity index (χ1) is 10.0. The lowest BCUT2D eigenvalue weighted by atomic mass is 9.98. The van der Waals surface area contributed by atoms with Gasteiger partial charge in [-0.15, -0.1) is 11.8 Å². The molecule has 0 radical (unpaired) electrons. The summed E-state index contributed by atoms with van der Waals surface area (Å²) in [5.74, 6) is -1.91. The molecule has 1 aromatic rings. The zero-order valence-corrected chi connectivity index (χ0v) is 12.2. The van der Waals surface area contributed by atoms with Crippen molar-refractivity contribution in [1.29, 1.82) is 0 Å². The van der Waals surface area contributed by atoms with Gasteiger partial charge in [-0.3, -0.25) is 14.4 Å². The maximum atomic E-state index is 11.9. The van der Waals surface area contributed by atoms with Crippen LogP contribution >= 0.6 is 11.8 Å². The van der Waals surface area contributed by atoms with E-state index in [0.717, 1.165) is 0 Å². The van der Waals surface area contributed by atoms with Crippen molar-refractivity contribution in [3.8, 4) is 0 Å². The average Bonchev–Trinajstić information content (AvgIpc) is 3.05. The molecule has 0 aromatic carbocycles. The summed E-state index contributed by atoms with van der Waals surface area (Å²) in [5.41, 5.74) is 0.0544. The van der Waals surface area contributed by atoms with Crippen LogP contribution in [0, 0.1) is 5.92 Å². The lowest BCUT2D eigenvalue weighted by molar-refractivity contribution is -0.153. The van der Waals surface area contributed by atoms with Gasteiger partial charge in [-0.25, -0.2) is 4.79 Å². The highest BCUT2D eigenvalue weighted by atomic mass is 32.2. The van der Waals surface area contributed by atoms with Crippen LogP contribution in [0.2, 0.25) is 0 Å². The second-order valence-corrected chi connectivity index (χ2v) is 6.33. The number of hydrogen-bond donors (Lipinski definition) is 2. The number of thioether (sulfide) groups is 1. The van der Waals surface area contributed by atoms with Crippen molar-refractivity contribution in [2.75, 3.05) is 6.61 Å². The summed E-state index contributed by atoms with van der Waals surface area (Å²) in [6.45, 7) is 1.70. The van der Waals surface area contributed by atoms with Gasteiger partial charge in [0.25, 0.3) is 0 Å². The van der Waals surface area contributed by atoms with Gasteiger partial charge >= 0.3 is 5.97 Å². The Morgan fingerprint density at radius 1 is 1.57 bits per heavy atom. The SMILES string of the molecule is C[C@H](CC1=C(C(=O)O)N2C(=O)[C@H](CO)[C@H]2S1)n1cccn1. The standard InChI is InChI=1S/C13H15N3O4S/c1-7(15-4-2-3-14-15)5-9-10(13(19)20)16-11(18)8(6-17)12(16)21-9/h2-4,7-8,12,17H,5-6H2,1H3,(H,19,20)/t7-,8+,12-/m1/s1. The number of hydrogen-bond acceptors (Lipinski definition) is 5. The Labute approximate surface area is 125 Å². The quantitative estimate of drug-likeness (QED) is 0.776. The summed E-state index contributed by atoms with van der Waals surface area (Å²) < 4.78 is 1.76. The molecule has 1 fully saturated rings. The van der Waals surface area contributed by atoms with E-state index in [1.807, 2.05) is 19.2 Å². The van der Waals surface area contributed by atoms with Gasteiger partial charge in [-0.1, -0.05) is 0 Å². The van der Waals surface area contributed by atoms with E-state index in [1.54, 1.807) is 10.9 Å². The lowest BCUT2D eigenvalue weighted by Crippen LogP contribution is -2.58. The number of aliphatic carboxylic acids is 1. The number of aliphatic hydroxyl groups excluding tert-OH is 1. The molecule has 1 amide bonds. The Balaban J connectivity index is 1.84. The van der Waals surface area contributed by atoms with Crippen molar-refractivity contribution in [2.45, 2.75) is 24.8 Å². The Hall–Kier alpha value is -1.80. The fourth-order valence-electron chi connectivity index (χ4n) is 2.67. The average molecular weight is 309 g/mol. The molecule has 0 aliphatic carbocycles. The zero-order valence-electron chi connectivity index (χ0n) is 11.3. The molecule has 2 aliphatic rings. The van der Waals surface area contributed by atoms with E-state index in [2.05, 4.69) is 5.10 Å². The van der Waals surface area contributed by atoms with Crippen molar-refractivity contribution in [2.24, 2.45) is 5.92 Å². The van der Waals surface area contributed by atoms with Crippen LogP contribution in [0.3, 0.4) is 0 Å². The maximum absolute atomic E-state index is 11.9. The second kappa shape index (κ2) is 5.19. The van der Waals surface area contributed by atoms with Gasteiger partial charge < -0.3 is 10.2 Å². The molecule has 3 rings (SSSR count). The van der Waals surface area contributed by atoms with E-state index >= 15 is 0 Å². The lowest BCUT2D eigenvalue weighted by Gasteiger charge is -2.41. The number of β-lactam (4-membered cyclic amide) rings is 1. The van der Waals surface area contributed by atoms with Gasteiger partial charge in [0.15, 0.2) is 0 Å². The van der Waals surface area contributed by atoms with Crippen molar-refractivity contribution in [3.63, 3.8) is 0 Å². The van der Waals surface area contributed by atoms with Crippen LogP contribution in [-0.2, 0) is 9.59 Å². The number of carboxylic acid groups (broad SMARTS) is 1. The minimum Gasteiger partial charge on any atom is -0.477 e. The normalized spacial score (nSPS) is 25.8. The highest BCUT2D eigenvalue weighted by Gasteiger charge is 2.55. The smallest absolute Gasteiger partial charge is 0.353 e. The number of carbonyl (C=O) groups excluding carboxylic acids is 1. The Morgan fingerprint density at radius 2 is 2.33 bits per heavy atom. The van der Waals surface area contributed by atoms with E-state index in [-0.39, 0.29) is 29.6 Å². The molecule has 1 saturated heterocycles. The van der Waals surface area contributed by atoms with Crippen LogP contribution in [0.5, 0.6) is 0 Å². The largest absolute Gasteiger partial charge is 0.477 e. The summed E-state index contributed by atoms with van der Waals surface area (Å²) in [6.07, 6.45) is 3.98. The summed E-state index contributed by atoms with van der Waals surface area (Å²) in [7, 11) is 0. The maximum Gasteiger partial charge on any atom is 0.353 e. The molecule has 2 aliphatic heterocycles. The van der Waals surface area contributed by atoms with E-state index in [0.29, 0.717) is 11.3 Å². The molecule has 0 spiro atoms. The number of aromatic nitrogens is 2. The predicted octanol–water partition coefficient (Wildman–Crippen LogP) is 0.654. The number of amides is 1. The monoisotopic (exact) mass is 309 g/mol. The third kappa shape index (κ3) is 2.14. The summed E-state index contributed by atoms with van der Waals surface area (Å²) in [5, 5.41) is 22.4. The predicted molar refractivity (Wildman–Crippen MR) is 75.0 cm³/mol. The molecule has 0 saturated carbocycles. The van der Waals surface area contributed by atoms with Crippen molar-refractivity contribution in [1.82, 2.24) is 14.7 Å². The Kier molecular flexibility index (Phi) is 3.50. The van der Waals surface area contributed by atoms with Gasteiger partial charge in [-0.2, -0.15) is 5.10 Å². The van der Waals surface area contributed by atoms with E-state index in [1.165, 1.54) is 16.7 Å². The van der Waals surface area contributed by atoms with Crippen LogP contribution < -0.4 is 0 Å². The molecule has 7 nitrogen and oxygen atoms in total. The van der Waals surface area contributed by atoms with E-state index < -0.39 is 11.9 Å². The molecule has 0 bridgehead atoms. The molecule has 21 heavy (non-hydrogen) atoms. The number of allylic oxidation sites excluding steroid dienone is 1. The number of fused-ring (bicyclic) bond motifs is 1. The number of carbonyl (C=O) groups is 2. The first-order valence-corrected chi connectivity index (χ1v) is 7.48. The third-order valence-electron chi connectivity index (χ3n) is 3.78. The van der Waals surface area contributed by atoms with E-state index in [9.17, 15) is 19.8 Å². The molecule has 3 atom stereocenters. The number of rotatable bonds is 5. The molecule has 112 valence electrons. The second-order valence-electron chi connectivity index (χ2n) is 5.12. The van der Waals surface area contributed by atoms with Gasteiger partial charge in [0.2, 0.25) is 5.91 Å². The molecule has 1 aromatic heterocycles. The number of aliphatic hydroxyl groups is 1. The van der Waals surface area contributed by atoms with Gasteiger partial charge in [0.1, 0.15) is 11.1 Å². The van der Waals surface area contributed by atoms with Crippen LogP contribution in [0.25, 0.3) is 0 Å². The Bertz CT molecular complexity index is 613. The third-order valence-corrected chi connectivity index (χ3v) is 5.20. The van der Waals surface area contributed by atoms with Crippen LogP contribution in [0.15, 0.2) is 29.1 Å².